The van der Waals surface area contributed by atoms with Crippen LogP contribution in [0.1, 0.15) is 30.7 Å². The third-order valence-corrected chi connectivity index (χ3v) is 4.84. The average Bonchev–Trinajstić information content (AvgIpc) is 2.37. The van der Waals surface area contributed by atoms with Crippen molar-refractivity contribution in [3.8, 4) is 11.4 Å². The Morgan fingerprint density at radius 3 is 2.55 bits per heavy atom. The number of hydrogen-bond donors (Lipinski definition) is 0. The molecule has 20 heavy (non-hydrogen) atoms. The lowest BCUT2D eigenvalue weighted by molar-refractivity contribution is 0.632. The van der Waals surface area contributed by atoms with Crippen LogP contribution < -0.4 is 0 Å². The molecule has 2 rings (SSSR count). The fourth-order valence-corrected chi connectivity index (χ4v) is 2.73. The Bertz CT molecular complexity index is 639. The van der Waals surface area contributed by atoms with Crippen LogP contribution in [0.3, 0.4) is 0 Å². The molecule has 0 bridgehead atoms. The zero-order valence-electron chi connectivity index (χ0n) is 12.2. The van der Waals surface area contributed by atoms with Gasteiger partial charge in [0.05, 0.1) is 9.26 Å². The van der Waals surface area contributed by atoms with Gasteiger partial charge in [-0.2, -0.15) is 0 Å². The highest BCUT2D eigenvalue weighted by molar-refractivity contribution is 14.1. The molecule has 0 unspecified atom stereocenters. The van der Waals surface area contributed by atoms with E-state index in [4.69, 9.17) is 16.6 Å². The first-order chi connectivity index (χ1) is 9.38. The van der Waals surface area contributed by atoms with Gasteiger partial charge >= 0.3 is 0 Å². The van der Waals surface area contributed by atoms with Crippen molar-refractivity contribution in [1.29, 1.82) is 0 Å². The van der Waals surface area contributed by atoms with Crippen molar-refractivity contribution in [2.75, 3.05) is 0 Å². The van der Waals surface area contributed by atoms with E-state index in [0.717, 1.165) is 27.1 Å². The van der Waals surface area contributed by atoms with Gasteiger partial charge in [-0.1, -0.05) is 43.1 Å². The summed E-state index contributed by atoms with van der Waals surface area (Å²) in [6.07, 6.45) is 0.915. The second kappa shape index (κ2) is 6.39. The molecule has 0 atom stereocenters. The van der Waals surface area contributed by atoms with E-state index >= 15 is 0 Å². The fraction of sp³-hybridized carbons (Fsp3) is 0.375. The second-order valence-corrected chi connectivity index (χ2v) is 6.95. The maximum atomic E-state index is 6.29. The molecule has 0 spiro atoms. The number of halogens is 2. The summed E-state index contributed by atoms with van der Waals surface area (Å²) < 4.78 is 0.965. The highest BCUT2D eigenvalue weighted by Crippen LogP contribution is 2.27. The normalized spacial score (nSPS) is 11.2. The highest BCUT2D eigenvalue weighted by atomic mass is 127. The molecule has 2 aromatic rings. The lowest BCUT2D eigenvalue weighted by Crippen LogP contribution is -2.05. The molecule has 0 fully saturated rings. The molecule has 106 valence electrons. The topological polar surface area (TPSA) is 25.8 Å². The molecule has 0 aliphatic heterocycles. The molecule has 0 aliphatic rings. The van der Waals surface area contributed by atoms with Gasteiger partial charge in [-0.15, -0.1) is 0 Å². The minimum absolute atomic E-state index is 0.543. The maximum Gasteiger partial charge on any atom is 0.161 e. The van der Waals surface area contributed by atoms with Crippen molar-refractivity contribution >= 4 is 34.2 Å². The molecule has 0 saturated carbocycles. The van der Waals surface area contributed by atoms with Crippen LogP contribution in [0.15, 0.2) is 18.2 Å². The lowest BCUT2D eigenvalue weighted by atomic mass is 10.0. The number of rotatable bonds is 3. The van der Waals surface area contributed by atoms with Crippen LogP contribution in [0.4, 0.5) is 0 Å². The second-order valence-electron chi connectivity index (χ2n) is 5.52. The van der Waals surface area contributed by atoms with Gasteiger partial charge in [0.25, 0.3) is 0 Å². The van der Waals surface area contributed by atoms with Crippen molar-refractivity contribution in [3.63, 3.8) is 0 Å². The predicted molar refractivity (Wildman–Crippen MR) is 93.2 cm³/mol. The van der Waals surface area contributed by atoms with Crippen LogP contribution in [0, 0.1) is 23.3 Å². The first kappa shape index (κ1) is 15.7. The van der Waals surface area contributed by atoms with E-state index in [1.807, 2.05) is 0 Å². The van der Waals surface area contributed by atoms with Crippen LogP contribution in [0.25, 0.3) is 11.4 Å². The van der Waals surface area contributed by atoms with Crippen LogP contribution in [0.2, 0.25) is 5.15 Å². The molecule has 0 saturated heterocycles. The zero-order valence-corrected chi connectivity index (χ0v) is 15.1. The van der Waals surface area contributed by atoms with Crippen LogP contribution in [-0.2, 0) is 6.42 Å². The quantitative estimate of drug-likeness (QED) is 0.521. The van der Waals surface area contributed by atoms with E-state index < -0.39 is 0 Å². The van der Waals surface area contributed by atoms with Gasteiger partial charge in [0.2, 0.25) is 0 Å². The minimum Gasteiger partial charge on any atom is -0.232 e. The van der Waals surface area contributed by atoms with Crippen molar-refractivity contribution in [2.24, 2.45) is 5.92 Å². The molecule has 0 radical (unpaired) electrons. The van der Waals surface area contributed by atoms with Crippen molar-refractivity contribution < 1.29 is 0 Å². The van der Waals surface area contributed by atoms with E-state index in [-0.39, 0.29) is 0 Å². The number of benzene rings is 1. The van der Waals surface area contributed by atoms with Crippen molar-refractivity contribution in [3.05, 3.63) is 43.7 Å². The average molecular weight is 401 g/mol. The molecule has 1 heterocycles. The highest BCUT2D eigenvalue weighted by Gasteiger charge is 2.14. The zero-order chi connectivity index (χ0) is 14.9. The van der Waals surface area contributed by atoms with Crippen molar-refractivity contribution in [2.45, 2.75) is 34.1 Å². The van der Waals surface area contributed by atoms with Gasteiger partial charge in [0.1, 0.15) is 5.15 Å². The maximum absolute atomic E-state index is 6.29. The Kier molecular flexibility index (Phi) is 5.02. The van der Waals surface area contributed by atoms with Gasteiger partial charge < -0.3 is 0 Å². The summed E-state index contributed by atoms with van der Waals surface area (Å²) in [5.74, 6) is 1.27. The molecule has 1 aromatic carbocycles. The standard InChI is InChI=1S/C16H18ClIN2/c1-9(2)7-13-14(18)15(17)20-16(19-13)12-8-10(3)5-6-11(12)4/h5-6,8-9H,7H2,1-4H3. The van der Waals surface area contributed by atoms with Crippen LogP contribution in [0.5, 0.6) is 0 Å². The molecule has 2 nitrogen and oxygen atoms in total. The fourth-order valence-electron chi connectivity index (χ4n) is 2.08. The third kappa shape index (κ3) is 3.50. The molecular weight excluding hydrogens is 383 g/mol. The third-order valence-electron chi connectivity index (χ3n) is 3.11. The SMILES string of the molecule is Cc1ccc(C)c(-c2nc(Cl)c(I)c(CC(C)C)n2)c1. The van der Waals surface area contributed by atoms with E-state index in [2.05, 4.69) is 73.5 Å². The molecular formula is C16H18ClIN2. The number of nitrogens with zero attached hydrogens (tertiary/aromatic N) is 2. The van der Waals surface area contributed by atoms with E-state index in [0.29, 0.717) is 11.1 Å². The molecule has 0 aliphatic carbocycles. The Labute approximate surface area is 139 Å². The molecule has 0 N–H and O–H groups in total. The summed E-state index contributed by atoms with van der Waals surface area (Å²) in [5.41, 5.74) is 4.47. The first-order valence-electron chi connectivity index (χ1n) is 6.68. The number of hydrogen-bond acceptors (Lipinski definition) is 2. The Morgan fingerprint density at radius 1 is 1.20 bits per heavy atom. The molecule has 0 amide bonds. The van der Waals surface area contributed by atoms with E-state index in [1.165, 1.54) is 11.1 Å². The smallest absolute Gasteiger partial charge is 0.161 e. The summed E-state index contributed by atoms with van der Waals surface area (Å²) in [6, 6.07) is 6.32. The summed E-state index contributed by atoms with van der Waals surface area (Å²) in [5, 5.41) is 0.548. The monoisotopic (exact) mass is 400 g/mol. The Balaban J connectivity index is 2.57. The van der Waals surface area contributed by atoms with E-state index in [1.54, 1.807) is 0 Å². The Morgan fingerprint density at radius 2 is 1.90 bits per heavy atom. The van der Waals surface area contributed by atoms with Gasteiger partial charge in [0.15, 0.2) is 5.82 Å². The van der Waals surface area contributed by atoms with Crippen molar-refractivity contribution in [1.82, 2.24) is 9.97 Å². The Hall–Kier alpha value is -0.680. The number of aromatic nitrogens is 2. The lowest BCUT2D eigenvalue weighted by Gasteiger charge is -2.12. The van der Waals surface area contributed by atoms with E-state index in [9.17, 15) is 0 Å². The molecule has 1 aromatic heterocycles. The van der Waals surface area contributed by atoms with Gasteiger partial charge in [-0.05, 0) is 60.4 Å². The van der Waals surface area contributed by atoms with Gasteiger partial charge in [-0.3, -0.25) is 0 Å². The van der Waals surface area contributed by atoms with Gasteiger partial charge in [0, 0.05) is 5.56 Å². The van der Waals surface area contributed by atoms with Crippen LogP contribution in [-0.4, -0.2) is 9.97 Å². The van der Waals surface area contributed by atoms with Gasteiger partial charge in [-0.25, -0.2) is 9.97 Å². The minimum atomic E-state index is 0.543. The largest absolute Gasteiger partial charge is 0.232 e. The summed E-state index contributed by atoms with van der Waals surface area (Å²) in [7, 11) is 0. The number of aryl methyl sites for hydroxylation is 2. The summed E-state index contributed by atoms with van der Waals surface area (Å²) in [6.45, 7) is 8.52. The summed E-state index contributed by atoms with van der Waals surface area (Å²) >= 11 is 8.52. The summed E-state index contributed by atoms with van der Waals surface area (Å²) in [4.78, 5) is 9.20. The molecule has 4 heteroatoms. The first-order valence-corrected chi connectivity index (χ1v) is 8.13. The predicted octanol–water partition coefficient (Wildman–Crippen LogP) is 5.22. The van der Waals surface area contributed by atoms with Crippen LogP contribution >= 0.6 is 34.2 Å².